The van der Waals surface area contributed by atoms with Crippen molar-refractivity contribution in [1.82, 2.24) is 20.3 Å². The number of carbonyl (C=O) groups is 1. The molecule has 1 amide bonds. The van der Waals surface area contributed by atoms with Gasteiger partial charge < -0.3 is 14.6 Å². The number of pyridine rings is 2. The van der Waals surface area contributed by atoms with Crippen molar-refractivity contribution in [2.24, 2.45) is 17.8 Å². The highest BCUT2D eigenvalue weighted by atomic mass is 16.3. The third kappa shape index (κ3) is 3.60. The Morgan fingerprint density at radius 3 is 2.97 bits per heavy atom. The van der Waals surface area contributed by atoms with Crippen molar-refractivity contribution in [1.29, 1.82) is 0 Å². The first-order valence-electron chi connectivity index (χ1n) is 10.0. The fourth-order valence-electron chi connectivity index (χ4n) is 4.52. The highest BCUT2D eigenvalue weighted by Gasteiger charge is 2.55. The number of piperidine rings is 1. The number of amides is 1. The molecule has 3 aromatic heterocycles. The lowest BCUT2D eigenvalue weighted by Gasteiger charge is -2.21. The maximum absolute atomic E-state index is 12.0. The molecule has 0 radical (unpaired) electrons. The number of anilines is 1. The van der Waals surface area contributed by atoms with Crippen LogP contribution in [-0.4, -0.2) is 40.5 Å². The molecule has 0 aromatic carbocycles. The van der Waals surface area contributed by atoms with Crippen LogP contribution in [0.1, 0.15) is 17.9 Å². The molecule has 1 aliphatic heterocycles. The molecule has 148 valence electrons. The SMILES string of the molecule is Cc1nc2nccc(N3CC4C(CCNC(=O)/C=C/c5cccnc5)C4C3)c2o1. The molecule has 1 saturated carbocycles. The second-order valence-corrected chi connectivity index (χ2v) is 7.81. The molecule has 1 aliphatic carbocycles. The van der Waals surface area contributed by atoms with E-state index in [0.29, 0.717) is 35.8 Å². The van der Waals surface area contributed by atoms with Crippen LogP contribution in [0.4, 0.5) is 5.69 Å². The Morgan fingerprint density at radius 2 is 2.17 bits per heavy atom. The van der Waals surface area contributed by atoms with E-state index >= 15 is 0 Å². The summed E-state index contributed by atoms with van der Waals surface area (Å²) in [4.78, 5) is 27.0. The van der Waals surface area contributed by atoms with Gasteiger partial charge in [0.2, 0.25) is 11.6 Å². The van der Waals surface area contributed by atoms with Gasteiger partial charge in [-0.2, -0.15) is 4.98 Å². The first-order valence-corrected chi connectivity index (χ1v) is 10.0. The lowest BCUT2D eigenvalue weighted by Crippen LogP contribution is -2.26. The first-order chi connectivity index (χ1) is 14.2. The molecule has 4 heterocycles. The second-order valence-electron chi connectivity index (χ2n) is 7.81. The van der Waals surface area contributed by atoms with Gasteiger partial charge in [-0.3, -0.25) is 9.78 Å². The number of oxazole rings is 1. The second kappa shape index (κ2) is 7.31. The Morgan fingerprint density at radius 1 is 1.31 bits per heavy atom. The van der Waals surface area contributed by atoms with Crippen LogP contribution in [0.3, 0.4) is 0 Å². The molecule has 7 nitrogen and oxygen atoms in total. The first kappa shape index (κ1) is 17.8. The molecule has 2 unspecified atom stereocenters. The molecule has 1 N–H and O–H groups in total. The van der Waals surface area contributed by atoms with Gasteiger partial charge in [-0.1, -0.05) is 6.07 Å². The van der Waals surface area contributed by atoms with Gasteiger partial charge in [0.1, 0.15) is 0 Å². The van der Waals surface area contributed by atoms with Crippen molar-refractivity contribution in [2.75, 3.05) is 24.5 Å². The van der Waals surface area contributed by atoms with Crippen molar-refractivity contribution in [3.05, 3.63) is 54.3 Å². The standard InChI is InChI=1S/C22H23N5O2/c1-14-26-22-21(29-14)19(7-10-25-22)27-12-17-16(18(17)13-27)6-9-24-20(28)5-4-15-3-2-8-23-11-15/h2-5,7-8,10-11,16-18H,6,9,12-13H2,1H3,(H,24,28)/b5-4+. The largest absolute Gasteiger partial charge is 0.437 e. The number of rotatable bonds is 6. The molecule has 5 rings (SSSR count). The molecule has 0 spiro atoms. The van der Waals surface area contributed by atoms with Gasteiger partial charge >= 0.3 is 0 Å². The normalized spacial score (nSPS) is 22.9. The highest BCUT2D eigenvalue weighted by Crippen LogP contribution is 2.54. The maximum Gasteiger partial charge on any atom is 0.244 e. The highest BCUT2D eigenvalue weighted by molar-refractivity contribution is 5.91. The van der Waals surface area contributed by atoms with E-state index < -0.39 is 0 Å². The molecular formula is C22H23N5O2. The van der Waals surface area contributed by atoms with Crippen LogP contribution in [0.15, 0.2) is 47.3 Å². The zero-order valence-corrected chi connectivity index (χ0v) is 16.3. The van der Waals surface area contributed by atoms with Gasteiger partial charge in [0.25, 0.3) is 0 Å². The number of fused-ring (bicyclic) bond motifs is 2. The van der Waals surface area contributed by atoms with Crippen molar-refractivity contribution in [3.8, 4) is 0 Å². The van der Waals surface area contributed by atoms with Crippen molar-refractivity contribution in [2.45, 2.75) is 13.3 Å². The van der Waals surface area contributed by atoms with E-state index in [1.807, 2.05) is 25.1 Å². The predicted octanol–water partition coefficient (Wildman–Crippen LogP) is 2.83. The van der Waals surface area contributed by atoms with Crippen LogP contribution in [0.25, 0.3) is 17.3 Å². The summed E-state index contributed by atoms with van der Waals surface area (Å²) < 4.78 is 5.76. The monoisotopic (exact) mass is 389 g/mol. The smallest absolute Gasteiger partial charge is 0.244 e. The van der Waals surface area contributed by atoms with Crippen molar-refractivity contribution in [3.63, 3.8) is 0 Å². The van der Waals surface area contributed by atoms with Gasteiger partial charge in [-0.05, 0) is 47.9 Å². The number of aryl methyl sites for hydroxylation is 1. The summed E-state index contributed by atoms with van der Waals surface area (Å²) >= 11 is 0. The van der Waals surface area contributed by atoms with Gasteiger partial charge in [0.15, 0.2) is 11.5 Å². The number of carbonyl (C=O) groups excluding carboxylic acids is 1. The number of nitrogens with zero attached hydrogens (tertiary/aromatic N) is 4. The number of hydrogen-bond acceptors (Lipinski definition) is 6. The lowest BCUT2D eigenvalue weighted by molar-refractivity contribution is -0.116. The van der Waals surface area contributed by atoms with E-state index in [2.05, 4.69) is 25.2 Å². The Labute approximate surface area is 168 Å². The van der Waals surface area contributed by atoms with Gasteiger partial charge in [-0.25, -0.2) is 4.98 Å². The summed E-state index contributed by atoms with van der Waals surface area (Å²) in [7, 11) is 0. The zero-order chi connectivity index (χ0) is 19.8. The van der Waals surface area contributed by atoms with E-state index in [9.17, 15) is 4.79 Å². The maximum atomic E-state index is 12.0. The van der Waals surface area contributed by atoms with Crippen LogP contribution >= 0.6 is 0 Å². The minimum atomic E-state index is -0.0545. The summed E-state index contributed by atoms with van der Waals surface area (Å²) in [5, 5.41) is 2.99. The average molecular weight is 389 g/mol. The topological polar surface area (TPSA) is 84.2 Å². The third-order valence-corrected chi connectivity index (χ3v) is 5.98. The van der Waals surface area contributed by atoms with Crippen molar-refractivity contribution < 1.29 is 9.21 Å². The van der Waals surface area contributed by atoms with Gasteiger partial charge in [0, 0.05) is 51.2 Å². The predicted molar refractivity (Wildman–Crippen MR) is 110 cm³/mol. The molecular weight excluding hydrogens is 366 g/mol. The summed E-state index contributed by atoms with van der Waals surface area (Å²) in [5.74, 6) is 2.69. The number of nitrogens with one attached hydrogen (secondary N) is 1. The Hall–Kier alpha value is -3.22. The quantitative estimate of drug-likeness (QED) is 0.653. The van der Waals surface area contributed by atoms with Crippen molar-refractivity contribution >= 4 is 28.9 Å². The minimum absolute atomic E-state index is 0.0545. The van der Waals surface area contributed by atoms with Crippen LogP contribution in [0.2, 0.25) is 0 Å². The average Bonchev–Trinajstić information content (AvgIpc) is 3.07. The molecule has 1 saturated heterocycles. The fourth-order valence-corrected chi connectivity index (χ4v) is 4.52. The molecule has 29 heavy (non-hydrogen) atoms. The van der Waals surface area contributed by atoms with Gasteiger partial charge in [0.05, 0.1) is 5.69 Å². The Kier molecular flexibility index (Phi) is 4.50. The summed E-state index contributed by atoms with van der Waals surface area (Å²) in [5.41, 5.74) is 3.48. The molecule has 2 fully saturated rings. The van der Waals surface area contributed by atoms with Crippen LogP contribution in [0.5, 0.6) is 0 Å². The molecule has 7 heteroatoms. The molecule has 3 aromatic rings. The fraction of sp³-hybridized carbons (Fsp3) is 0.364. The van der Waals surface area contributed by atoms with E-state index in [0.717, 1.165) is 36.3 Å². The third-order valence-electron chi connectivity index (χ3n) is 5.98. The van der Waals surface area contributed by atoms with E-state index in [4.69, 9.17) is 4.42 Å². The van der Waals surface area contributed by atoms with Gasteiger partial charge in [-0.15, -0.1) is 0 Å². The van der Waals surface area contributed by atoms with Crippen LogP contribution in [0, 0.1) is 24.7 Å². The Balaban J connectivity index is 1.10. The van der Waals surface area contributed by atoms with Crippen LogP contribution < -0.4 is 10.2 Å². The lowest BCUT2D eigenvalue weighted by atomic mass is 10.2. The summed E-state index contributed by atoms with van der Waals surface area (Å²) in [6.07, 6.45) is 9.64. The number of aromatic nitrogens is 3. The minimum Gasteiger partial charge on any atom is -0.437 e. The molecule has 2 aliphatic rings. The summed E-state index contributed by atoms with van der Waals surface area (Å²) in [6, 6.07) is 5.79. The Bertz CT molecular complexity index is 1050. The molecule has 2 atom stereocenters. The van der Waals surface area contributed by atoms with E-state index in [1.165, 1.54) is 0 Å². The van der Waals surface area contributed by atoms with Crippen LogP contribution in [-0.2, 0) is 4.79 Å². The molecule has 0 bridgehead atoms. The van der Waals surface area contributed by atoms with E-state index in [-0.39, 0.29) is 5.91 Å². The summed E-state index contributed by atoms with van der Waals surface area (Å²) in [6.45, 7) is 4.63. The van der Waals surface area contributed by atoms with E-state index in [1.54, 1.807) is 30.7 Å². The number of hydrogen-bond donors (Lipinski definition) is 1. The zero-order valence-electron chi connectivity index (χ0n) is 16.3.